The molecule has 0 aliphatic carbocycles. The highest BCUT2D eigenvalue weighted by molar-refractivity contribution is 6.30. The molecule has 0 aromatic heterocycles. The molecule has 0 aliphatic rings. The minimum Gasteiger partial charge on any atom is -0.496 e. The first kappa shape index (κ1) is 14.3. The van der Waals surface area contributed by atoms with Gasteiger partial charge in [0.2, 0.25) is 0 Å². The lowest BCUT2D eigenvalue weighted by molar-refractivity contribution is -0.115. The van der Waals surface area contributed by atoms with Crippen LogP contribution in [0.5, 0.6) is 5.75 Å². The lowest BCUT2D eigenvalue weighted by atomic mass is 10.1. The largest absolute Gasteiger partial charge is 0.496 e. The van der Waals surface area contributed by atoms with Crippen LogP contribution in [0.15, 0.2) is 18.2 Å². The second-order valence-corrected chi connectivity index (χ2v) is 4.10. The molecule has 1 atom stereocenters. The average molecular weight is 260 g/mol. The van der Waals surface area contributed by atoms with Crippen molar-refractivity contribution in [2.75, 3.05) is 21.3 Å². The summed E-state index contributed by atoms with van der Waals surface area (Å²) in [5.74, 6) is 0.760. The molecule has 0 saturated carbocycles. The van der Waals surface area contributed by atoms with Gasteiger partial charge in [-0.1, -0.05) is 11.6 Å². The van der Waals surface area contributed by atoms with Crippen molar-refractivity contribution in [3.63, 3.8) is 0 Å². The van der Waals surface area contributed by atoms with Crippen LogP contribution < -0.4 is 10.5 Å². The molecule has 1 aromatic rings. The molecule has 5 heteroatoms. The summed E-state index contributed by atoms with van der Waals surface area (Å²) in [5.41, 5.74) is 6.93. The van der Waals surface area contributed by atoms with Crippen LogP contribution in [0.4, 0.5) is 0 Å². The maximum atomic E-state index is 6.00. The fourth-order valence-electron chi connectivity index (χ4n) is 1.70. The summed E-state index contributed by atoms with van der Waals surface area (Å²) in [4.78, 5) is 0. The van der Waals surface area contributed by atoms with Crippen molar-refractivity contribution in [3.05, 3.63) is 28.8 Å². The molecule has 0 radical (unpaired) electrons. The van der Waals surface area contributed by atoms with Crippen molar-refractivity contribution in [1.82, 2.24) is 0 Å². The molecule has 0 heterocycles. The molecule has 17 heavy (non-hydrogen) atoms. The van der Waals surface area contributed by atoms with E-state index in [1.807, 2.05) is 12.1 Å². The summed E-state index contributed by atoms with van der Waals surface area (Å²) < 4.78 is 15.5. The molecule has 2 N–H and O–H groups in total. The molecule has 0 fully saturated rings. The third-order valence-electron chi connectivity index (χ3n) is 2.51. The SMILES string of the molecule is COc1ccc(Cl)cc1CC(N)C(OC)OC. The van der Waals surface area contributed by atoms with Crippen molar-refractivity contribution in [2.24, 2.45) is 5.73 Å². The van der Waals surface area contributed by atoms with E-state index in [-0.39, 0.29) is 6.04 Å². The number of benzene rings is 1. The Hall–Kier alpha value is -0.810. The summed E-state index contributed by atoms with van der Waals surface area (Å²) in [6.45, 7) is 0. The Labute approximate surface area is 107 Å². The zero-order valence-corrected chi connectivity index (χ0v) is 11.0. The average Bonchev–Trinajstić information content (AvgIpc) is 2.31. The van der Waals surface area contributed by atoms with Gasteiger partial charge in [0, 0.05) is 19.2 Å². The number of hydrogen-bond acceptors (Lipinski definition) is 4. The Balaban J connectivity index is 2.82. The second kappa shape index (κ2) is 6.81. The number of methoxy groups -OCH3 is 3. The van der Waals surface area contributed by atoms with Crippen LogP contribution >= 0.6 is 11.6 Å². The molecule has 1 rings (SSSR count). The summed E-state index contributed by atoms with van der Waals surface area (Å²) >= 11 is 5.95. The highest BCUT2D eigenvalue weighted by Gasteiger charge is 2.18. The Morgan fingerprint density at radius 3 is 2.41 bits per heavy atom. The maximum Gasteiger partial charge on any atom is 0.172 e. The summed E-state index contributed by atoms with van der Waals surface area (Å²) in [6.07, 6.45) is 0.120. The molecule has 0 spiro atoms. The minimum absolute atomic E-state index is 0.280. The van der Waals surface area contributed by atoms with Gasteiger partial charge in [0.15, 0.2) is 6.29 Å². The Morgan fingerprint density at radius 1 is 1.24 bits per heavy atom. The summed E-state index contributed by atoms with van der Waals surface area (Å²) in [6, 6.07) is 5.15. The van der Waals surface area contributed by atoms with E-state index in [0.29, 0.717) is 11.4 Å². The molecule has 1 aromatic carbocycles. The van der Waals surface area contributed by atoms with E-state index in [0.717, 1.165) is 11.3 Å². The van der Waals surface area contributed by atoms with Gasteiger partial charge in [-0.2, -0.15) is 0 Å². The van der Waals surface area contributed by atoms with Gasteiger partial charge in [-0.3, -0.25) is 0 Å². The van der Waals surface area contributed by atoms with Gasteiger partial charge in [-0.05, 0) is 30.2 Å². The van der Waals surface area contributed by atoms with Gasteiger partial charge in [0.1, 0.15) is 5.75 Å². The van der Waals surface area contributed by atoms with E-state index >= 15 is 0 Å². The third-order valence-corrected chi connectivity index (χ3v) is 2.75. The normalized spacial score (nSPS) is 12.8. The predicted octanol–water partition coefficient (Wildman–Crippen LogP) is 1.84. The molecular weight excluding hydrogens is 242 g/mol. The number of ether oxygens (including phenoxy) is 3. The Kier molecular flexibility index (Phi) is 5.71. The first-order valence-electron chi connectivity index (χ1n) is 5.26. The van der Waals surface area contributed by atoms with Crippen LogP contribution in [-0.2, 0) is 15.9 Å². The van der Waals surface area contributed by atoms with Crippen molar-refractivity contribution >= 4 is 11.6 Å². The molecule has 0 aliphatic heterocycles. The monoisotopic (exact) mass is 259 g/mol. The first-order valence-corrected chi connectivity index (χ1v) is 5.63. The van der Waals surface area contributed by atoms with Crippen LogP contribution in [0.3, 0.4) is 0 Å². The van der Waals surface area contributed by atoms with E-state index in [4.69, 9.17) is 31.5 Å². The fraction of sp³-hybridized carbons (Fsp3) is 0.500. The summed E-state index contributed by atoms with van der Waals surface area (Å²) in [5, 5.41) is 0.652. The maximum absolute atomic E-state index is 6.00. The van der Waals surface area contributed by atoms with Crippen LogP contribution in [0.1, 0.15) is 5.56 Å². The molecule has 0 saturated heterocycles. The predicted molar refractivity (Wildman–Crippen MR) is 67.5 cm³/mol. The third kappa shape index (κ3) is 3.85. The number of hydrogen-bond donors (Lipinski definition) is 1. The van der Waals surface area contributed by atoms with E-state index < -0.39 is 6.29 Å². The van der Waals surface area contributed by atoms with Crippen LogP contribution in [0.2, 0.25) is 5.02 Å². The Bertz CT molecular complexity index is 356. The Morgan fingerprint density at radius 2 is 1.88 bits per heavy atom. The van der Waals surface area contributed by atoms with E-state index in [2.05, 4.69) is 0 Å². The number of rotatable bonds is 6. The van der Waals surface area contributed by atoms with Gasteiger partial charge >= 0.3 is 0 Å². The van der Waals surface area contributed by atoms with Gasteiger partial charge < -0.3 is 19.9 Å². The van der Waals surface area contributed by atoms with Crippen LogP contribution in [0, 0.1) is 0 Å². The lowest BCUT2D eigenvalue weighted by Gasteiger charge is -2.21. The quantitative estimate of drug-likeness (QED) is 0.792. The second-order valence-electron chi connectivity index (χ2n) is 3.66. The molecule has 1 unspecified atom stereocenters. The standard InChI is InChI=1S/C12H18ClNO3/c1-15-11-5-4-9(13)6-8(11)7-10(14)12(16-2)17-3/h4-6,10,12H,7,14H2,1-3H3. The van der Waals surface area contributed by atoms with E-state index in [1.165, 1.54) is 0 Å². The van der Waals surface area contributed by atoms with E-state index in [9.17, 15) is 0 Å². The van der Waals surface area contributed by atoms with Crippen molar-refractivity contribution in [1.29, 1.82) is 0 Å². The fourth-order valence-corrected chi connectivity index (χ4v) is 1.90. The zero-order chi connectivity index (χ0) is 12.8. The van der Waals surface area contributed by atoms with Crippen LogP contribution in [0.25, 0.3) is 0 Å². The van der Waals surface area contributed by atoms with Gasteiger partial charge in [0.05, 0.1) is 13.2 Å². The van der Waals surface area contributed by atoms with Gasteiger partial charge in [0.25, 0.3) is 0 Å². The molecule has 96 valence electrons. The smallest absolute Gasteiger partial charge is 0.172 e. The highest BCUT2D eigenvalue weighted by atomic mass is 35.5. The molecular formula is C12H18ClNO3. The minimum atomic E-state index is -0.446. The lowest BCUT2D eigenvalue weighted by Crippen LogP contribution is -2.39. The highest BCUT2D eigenvalue weighted by Crippen LogP contribution is 2.24. The summed E-state index contributed by atoms with van der Waals surface area (Å²) in [7, 11) is 4.73. The number of halogens is 1. The van der Waals surface area contributed by atoms with Crippen molar-refractivity contribution < 1.29 is 14.2 Å². The van der Waals surface area contributed by atoms with Crippen molar-refractivity contribution in [3.8, 4) is 5.75 Å². The topological polar surface area (TPSA) is 53.7 Å². The van der Waals surface area contributed by atoms with Crippen LogP contribution in [-0.4, -0.2) is 33.7 Å². The van der Waals surface area contributed by atoms with Gasteiger partial charge in [-0.25, -0.2) is 0 Å². The number of nitrogens with two attached hydrogens (primary N) is 1. The molecule has 0 bridgehead atoms. The van der Waals surface area contributed by atoms with E-state index in [1.54, 1.807) is 27.4 Å². The molecule has 0 amide bonds. The van der Waals surface area contributed by atoms with Gasteiger partial charge in [-0.15, -0.1) is 0 Å². The zero-order valence-electron chi connectivity index (χ0n) is 10.3. The first-order chi connectivity index (χ1) is 8.12. The molecule has 4 nitrogen and oxygen atoms in total. The van der Waals surface area contributed by atoms with Crippen molar-refractivity contribution in [2.45, 2.75) is 18.8 Å².